The Kier molecular flexibility index (Phi) is 6.39. The first-order valence-electron chi connectivity index (χ1n) is 16.2. The molecule has 0 heteroatoms. The van der Waals surface area contributed by atoms with Crippen molar-refractivity contribution in [3.8, 4) is 33.4 Å². The number of rotatable bonds is 4. The molecular formula is C46H32. The number of fused-ring (bicyclic) bond motifs is 4. The predicted octanol–water partition coefficient (Wildman–Crippen LogP) is 12.9. The summed E-state index contributed by atoms with van der Waals surface area (Å²) in [6, 6.07) is 56.2. The summed E-state index contributed by atoms with van der Waals surface area (Å²) >= 11 is 0. The summed E-state index contributed by atoms with van der Waals surface area (Å²) in [5.41, 5.74) is 8.96. The van der Waals surface area contributed by atoms with E-state index in [-0.39, 0.29) is 0 Å². The largest absolute Gasteiger partial charge is 0.0836 e. The van der Waals surface area contributed by atoms with E-state index >= 15 is 0 Å². The zero-order valence-corrected chi connectivity index (χ0v) is 25.5. The second-order valence-electron chi connectivity index (χ2n) is 12.4. The average Bonchev–Trinajstić information content (AvgIpc) is 3.13. The van der Waals surface area contributed by atoms with Gasteiger partial charge >= 0.3 is 0 Å². The minimum atomic E-state index is 0.461. The van der Waals surface area contributed by atoms with Crippen molar-refractivity contribution in [3.63, 3.8) is 0 Å². The third-order valence-corrected chi connectivity index (χ3v) is 9.75. The second kappa shape index (κ2) is 11.0. The topological polar surface area (TPSA) is 0 Å². The molecule has 0 saturated heterocycles. The molecule has 0 nitrogen and oxygen atoms in total. The third kappa shape index (κ3) is 4.45. The maximum absolute atomic E-state index is 2.38. The first-order valence-corrected chi connectivity index (χ1v) is 16.2. The Labute approximate surface area is 269 Å². The fourth-order valence-electron chi connectivity index (χ4n) is 7.53. The van der Waals surface area contributed by atoms with Gasteiger partial charge in [0, 0.05) is 5.92 Å². The summed E-state index contributed by atoms with van der Waals surface area (Å²) in [5, 5.41) is 10.2. The number of hydrogen-bond donors (Lipinski definition) is 0. The molecule has 0 bridgehead atoms. The van der Waals surface area contributed by atoms with Crippen LogP contribution in [0, 0.1) is 0 Å². The summed E-state index contributed by atoms with van der Waals surface area (Å²) in [6.07, 6.45) is 9.94. The van der Waals surface area contributed by atoms with Crippen molar-refractivity contribution in [2.45, 2.75) is 12.3 Å². The van der Waals surface area contributed by atoms with Gasteiger partial charge in [0.25, 0.3) is 0 Å². The average molecular weight is 585 g/mol. The van der Waals surface area contributed by atoms with E-state index in [1.54, 1.807) is 0 Å². The lowest BCUT2D eigenvalue weighted by Crippen LogP contribution is -1.96. The first kappa shape index (κ1) is 26.7. The molecule has 1 unspecified atom stereocenters. The summed E-state index contributed by atoms with van der Waals surface area (Å²) in [5.74, 6) is 0.461. The Morgan fingerprint density at radius 3 is 1.76 bits per heavy atom. The lowest BCUT2D eigenvalue weighted by molar-refractivity contribution is 0.855. The van der Waals surface area contributed by atoms with Crippen LogP contribution in [0.25, 0.3) is 76.5 Å². The molecule has 216 valence electrons. The standard InChI is InChI=1S/C46H32/c1-2-12-31(13-3-1)34-24-25-37-29-35(26-27-36(37)28-34)33-16-10-17-38(30-33)45-41-19-6-8-21-43(41)46(44-22-9-7-20-42(44)45)40-23-11-15-32-14-4-5-18-39(32)40/h1-12,14-31H,13H2. The van der Waals surface area contributed by atoms with E-state index in [0.717, 1.165) is 6.42 Å². The van der Waals surface area contributed by atoms with Gasteiger partial charge in [0.15, 0.2) is 0 Å². The maximum Gasteiger partial charge on any atom is 0.00559 e. The number of allylic oxidation sites excluding steroid dienone is 4. The molecule has 1 aliphatic rings. The van der Waals surface area contributed by atoms with Crippen LogP contribution in [0.2, 0.25) is 0 Å². The fraction of sp³-hybridized carbons (Fsp3) is 0.0435. The predicted molar refractivity (Wildman–Crippen MR) is 198 cm³/mol. The van der Waals surface area contributed by atoms with Gasteiger partial charge in [0.05, 0.1) is 0 Å². The Balaban J connectivity index is 1.21. The summed E-state index contributed by atoms with van der Waals surface area (Å²) < 4.78 is 0. The van der Waals surface area contributed by atoms with Crippen LogP contribution >= 0.6 is 0 Å². The molecule has 0 aliphatic heterocycles. The highest BCUT2D eigenvalue weighted by molar-refractivity contribution is 6.23. The quantitative estimate of drug-likeness (QED) is 0.181. The van der Waals surface area contributed by atoms with Gasteiger partial charge in [-0.2, -0.15) is 0 Å². The molecule has 9 rings (SSSR count). The Morgan fingerprint density at radius 1 is 0.391 bits per heavy atom. The summed E-state index contributed by atoms with van der Waals surface area (Å²) in [4.78, 5) is 0. The van der Waals surface area contributed by atoms with E-state index in [1.165, 1.54) is 82.0 Å². The molecule has 8 aromatic carbocycles. The van der Waals surface area contributed by atoms with Crippen LogP contribution in [0.4, 0.5) is 0 Å². The molecule has 46 heavy (non-hydrogen) atoms. The SMILES string of the molecule is C1=CCC(c2ccc3cc(-c4cccc(-c5c6ccccc6c(-c6cccc7ccccc67)c6ccccc56)c4)ccc3c2)C=C1. The summed E-state index contributed by atoms with van der Waals surface area (Å²) in [7, 11) is 0. The molecule has 0 radical (unpaired) electrons. The van der Waals surface area contributed by atoms with Gasteiger partial charge in [0.1, 0.15) is 0 Å². The summed E-state index contributed by atoms with van der Waals surface area (Å²) in [6.45, 7) is 0. The molecule has 8 aromatic rings. The van der Waals surface area contributed by atoms with Crippen LogP contribution in [0.1, 0.15) is 17.9 Å². The molecule has 0 aromatic heterocycles. The highest BCUT2D eigenvalue weighted by atomic mass is 14.2. The van der Waals surface area contributed by atoms with Gasteiger partial charge < -0.3 is 0 Å². The van der Waals surface area contributed by atoms with Crippen LogP contribution in [0.3, 0.4) is 0 Å². The van der Waals surface area contributed by atoms with Gasteiger partial charge in [-0.3, -0.25) is 0 Å². The van der Waals surface area contributed by atoms with Crippen LogP contribution < -0.4 is 0 Å². The van der Waals surface area contributed by atoms with Crippen molar-refractivity contribution in [1.82, 2.24) is 0 Å². The van der Waals surface area contributed by atoms with E-state index in [4.69, 9.17) is 0 Å². The Bertz CT molecular complexity index is 2450. The highest BCUT2D eigenvalue weighted by Gasteiger charge is 2.18. The van der Waals surface area contributed by atoms with E-state index in [0.29, 0.717) is 5.92 Å². The molecule has 1 atom stereocenters. The van der Waals surface area contributed by atoms with Gasteiger partial charge in [-0.1, -0.05) is 164 Å². The van der Waals surface area contributed by atoms with Gasteiger partial charge in [-0.15, -0.1) is 0 Å². The third-order valence-electron chi connectivity index (χ3n) is 9.75. The highest BCUT2D eigenvalue weighted by Crippen LogP contribution is 2.45. The van der Waals surface area contributed by atoms with E-state index in [2.05, 4.69) is 176 Å². The van der Waals surface area contributed by atoms with Gasteiger partial charge in [0.2, 0.25) is 0 Å². The van der Waals surface area contributed by atoms with Crippen LogP contribution in [0.15, 0.2) is 176 Å². The molecule has 0 amide bonds. The van der Waals surface area contributed by atoms with E-state index in [1.807, 2.05) is 0 Å². The zero-order valence-electron chi connectivity index (χ0n) is 25.5. The lowest BCUT2D eigenvalue weighted by atomic mass is 9.84. The first-order chi connectivity index (χ1) is 22.8. The maximum atomic E-state index is 2.38. The molecule has 0 heterocycles. The zero-order chi connectivity index (χ0) is 30.5. The van der Waals surface area contributed by atoms with Crippen LogP contribution in [-0.4, -0.2) is 0 Å². The number of hydrogen-bond acceptors (Lipinski definition) is 0. The monoisotopic (exact) mass is 584 g/mol. The molecular weight excluding hydrogens is 553 g/mol. The molecule has 0 saturated carbocycles. The van der Waals surface area contributed by atoms with Crippen molar-refractivity contribution in [3.05, 3.63) is 182 Å². The second-order valence-corrected chi connectivity index (χ2v) is 12.4. The minimum absolute atomic E-state index is 0.461. The molecule has 0 fully saturated rings. The van der Waals surface area contributed by atoms with Crippen molar-refractivity contribution in [2.24, 2.45) is 0 Å². The smallest absolute Gasteiger partial charge is 0.00559 e. The van der Waals surface area contributed by atoms with Crippen molar-refractivity contribution < 1.29 is 0 Å². The van der Waals surface area contributed by atoms with E-state index < -0.39 is 0 Å². The number of benzene rings is 8. The normalized spacial score (nSPS) is 14.5. The van der Waals surface area contributed by atoms with Gasteiger partial charge in [-0.25, -0.2) is 0 Å². The van der Waals surface area contributed by atoms with Crippen molar-refractivity contribution in [2.75, 3.05) is 0 Å². The van der Waals surface area contributed by atoms with Gasteiger partial charge in [-0.05, 0) is 101 Å². The van der Waals surface area contributed by atoms with Crippen molar-refractivity contribution >= 4 is 43.1 Å². The van der Waals surface area contributed by atoms with Crippen molar-refractivity contribution in [1.29, 1.82) is 0 Å². The molecule has 1 aliphatic carbocycles. The van der Waals surface area contributed by atoms with Crippen LogP contribution in [0.5, 0.6) is 0 Å². The lowest BCUT2D eigenvalue weighted by Gasteiger charge is -2.19. The van der Waals surface area contributed by atoms with E-state index in [9.17, 15) is 0 Å². The van der Waals surface area contributed by atoms with Crippen LogP contribution in [-0.2, 0) is 0 Å². The Morgan fingerprint density at radius 2 is 1.00 bits per heavy atom. The minimum Gasteiger partial charge on any atom is -0.0836 e. The molecule has 0 N–H and O–H groups in total. The Hall–Kier alpha value is -5.72. The fourth-order valence-corrected chi connectivity index (χ4v) is 7.53. The molecule has 0 spiro atoms.